The molecule has 0 heterocycles. The van der Waals surface area contributed by atoms with Gasteiger partial charge in [0.1, 0.15) is 11.6 Å². The summed E-state index contributed by atoms with van der Waals surface area (Å²) in [6.45, 7) is 1.65. The van der Waals surface area contributed by atoms with Gasteiger partial charge in [0.2, 0.25) is 5.91 Å². The Morgan fingerprint density at radius 1 is 1.17 bits per heavy atom. The molecular formula is C17H21F2NO3. The van der Waals surface area contributed by atoms with Gasteiger partial charge in [-0.25, -0.2) is 8.78 Å². The zero-order valence-electron chi connectivity index (χ0n) is 13.3. The van der Waals surface area contributed by atoms with E-state index in [-0.39, 0.29) is 23.3 Å². The van der Waals surface area contributed by atoms with Gasteiger partial charge in [-0.1, -0.05) is 0 Å². The first-order valence-corrected chi connectivity index (χ1v) is 7.75. The van der Waals surface area contributed by atoms with Gasteiger partial charge < -0.3 is 10.0 Å². The summed E-state index contributed by atoms with van der Waals surface area (Å²) in [4.78, 5) is 24.9. The fourth-order valence-corrected chi connectivity index (χ4v) is 3.11. The van der Waals surface area contributed by atoms with Crippen LogP contribution in [0, 0.1) is 23.5 Å². The number of aliphatic carboxylic acids is 1. The van der Waals surface area contributed by atoms with Crippen molar-refractivity contribution in [2.75, 3.05) is 7.05 Å². The topological polar surface area (TPSA) is 57.6 Å². The van der Waals surface area contributed by atoms with Crippen LogP contribution in [0.5, 0.6) is 0 Å². The van der Waals surface area contributed by atoms with Gasteiger partial charge in [-0.3, -0.25) is 9.59 Å². The Morgan fingerprint density at radius 3 is 2.30 bits per heavy atom. The first-order chi connectivity index (χ1) is 10.8. The van der Waals surface area contributed by atoms with Crippen LogP contribution < -0.4 is 0 Å². The van der Waals surface area contributed by atoms with E-state index in [0.29, 0.717) is 25.7 Å². The molecule has 126 valence electrons. The van der Waals surface area contributed by atoms with Crippen molar-refractivity contribution < 1.29 is 23.5 Å². The van der Waals surface area contributed by atoms with Crippen molar-refractivity contribution in [3.05, 3.63) is 35.4 Å². The maximum Gasteiger partial charge on any atom is 0.306 e. The second kappa shape index (κ2) is 7.06. The molecule has 0 radical (unpaired) electrons. The van der Waals surface area contributed by atoms with Crippen LogP contribution in [0.2, 0.25) is 0 Å². The molecule has 0 aliphatic heterocycles. The fourth-order valence-electron chi connectivity index (χ4n) is 3.11. The lowest BCUT2D eigenvalue weighted by molar-refractivity contribution is -0.145. The van der Waals surface area contributed by atoms with Crippen molar-refractivity contribution in [1.29, 1.82) is 0 Å². The van der Waals surface area contributed by atoms with Gasteiger partial charge in [-0.15, -0.1) is 0 Å². The van der Waals surface area contributed by atoms with Crippen LogP contribution in [0.4, 0.5) is 8.78 Å². The van der Waals surface area contributed by atoms with Crippen molar-refractivity contribution >= 4 is 11.9 Å². The number of hydrogen-bond acceptors (Lipinski definition) is 2. The molecule has 1 aromatic rings. The largest absolute Gasteiger partial charge is 0.481 e. The minimum Gasteiger partial charge on any atom is -0.481 e. The summed E-state index contributed by atoms with van der Waals surface area (Å²) < 4.78 is 27.2. The quantitative estimate of drug-likeness (QED) is 0.923. The number of nitrogens with zero attached hydrogens (tertiary/aromatic N) is 1. The van der Waals surface area contributed by atoms with Crippen molar-refractivity contribution in [1.82, 2.24) is 4.90 Å². The molecule has 2 rings (SSSR count). The van der Waals surface area contributed by atoms with E-state index < -0.39 is 23.6 Å². The summed E-state index contributed by atoms with van der Waals surface area (Å²) in [6.07, 6.45) is 1.97. The van der Waals surface area contributed by atoms with Gasteiger partial charge in [0.25, 0.3) is 0 Å². The van der Waals surface area contributed by atoms with Crippen LogP contribution in [0.3, 0.4) is 0 Å². The molecule has 23 heavy (non-hydrogen) atoms. The van der Waals surface area contributed by atoms with Gasteiger partial charge in [-0.2, -0.15) is 0 Å². The average Bonchev–Trinajstić information content (AvgIpc) is 2.55. The average molecular weight is 325 g/mol. The lowest BCUT2D eigenvalue weighted by atomic mass is 9.81. The third kappa shape index (κ3) is 3.86. The molecule has 0 saturated heterocycles. The zero-order chi connectivity index (χ0) is 17.1. The zero-order valence-corrected chi connectivity index (χ0v) is 13.3. The van der Waals surface area contributed by atoms with Crippen molar-refractivity contribution in [2.24, 2.45) is 11.8 Å². The van der Waals surface area contributed by atoms with E-state index in [2.05, 4.69) is 0 Å². The summed E-state index contributed by atoms with van der Waals surface area (Å²) in [5, 5.41) is 8.99. The van der Waals surface area contributed by atoms with Gasteiger partial charge >= 0.3 is 5.97 Å². The second-order valence-electron chi connectivity index (χ2n) is 6.18. The highest BCUT2D eigenvalue weighted by atomic mass is 19.1. The van der Waals surface area contributed by atoms with Crippen LogP contribution in [0.1, 0.15) is 44.2 Å². The normalized spacial score (nSPS) is 22.4. The lowest BCUT2D eigenvalue weighted by Gasteiger charge is -2.32. The van der Waals surface area contributed by atoms with E-state index in [0.717, 1.165) is 18.2 Å². The minimum atomic E-state index is -0.820. The number of carboxylic acid groups (broad SMARTS) is 1. The Morgan fingerprint density at radius 2 is 1.74 bits per heavy atom. The van der Waals surface area contributed by atoms with Crippen molar-refractivity contribution in [2.45, 2.75) is 38.6 Å². The summed E-state index contributed by atoms with van der Waals surface area (Å²) in [6, 6.07) is 2.61. The van der Waals surface area contributed by atoms with Gasteiger partial charge in [-0.05, 0) is 50.8 Å². The fraction of sp³-hybridized carbons (Fsp3) is 0.529. The summed E-state index contributed by atoms with van der Waals surface area (Å²) in [5.41, 5.74) is 0.139. The van der Waals surface area contributed by atoms with E-state index >= 15 is 0 Å². The molecule has 1 aromatic carbocycles. The van der Waals surface area contributed by atoms with Crippen molar-refractivity contribution in [3.63, 3.8) is 0 Å². The Hall–Kier alpha value is -1.98. The molecule has 1 aliphatic rings. The maximum absolute atomic E-state index is 13.9. The van der Waals surface area contributed by atoms with E-state index in [9.17, 15) is 18.4 Å². The summed E-state index contributed by atoms with van der Waals surface area (Å²) >= 11 is 0. The first kappa shape index (κ1) is 17.4. The Bertz CT molecular complexity index is 598. The number of carboxylic acids is 1. The second-order valence-corrected chi connectivity index (χ2v) is 6.18. The van der Waals surface area contributed by atoms with Crippen molar-refractivity contribution in [3.8, 4) is 0 Å². The van der Waals surface area contributed by atoms with Crippen LogP contribution in [-0.4, -0.2) is 28.9 Å². The number of rotatable bonds is 4. The molecule has 0 bridgehead atoms. The van der Waals surface area contributed by atoms with Gasteiger partial charge in [0.15, 0.2) is 0 Å². The van der Waals surface area contributed by atoms with Crippen LogP contribution in [0.25, 0.3) is 0 Å². The predicted molar refractivity (Wildman–Crippen MR) is 80.6 cm³/mol. The van der Waals surface area contributed by atoms with E-state index in [1.807, 2.05) is 0 Å². The SMILES string of the molecule is CC(c1cc(F)ccc1F)N(C)C(=O)C1CCC(C(=O)O)CC1. The first-order valence-electron chi connectivity index (χ1n) is 7.75. The van der Waals surface area contributed by atoms with Gasteiger partial charge in [0, 0.05) is 18.5 Å². The number of carbonyl (C=O) groups is 2. The molecule has 4 nitrogen and oxygen atoms in total. The molecule has 0 aromatic heterocycles. The molecular weight excluding hydrogens is 304 g/mol. The smallest absolute Gasteiger partial charge is 0.306 e. The van der Waals surface area contributed by atoms with Crippen LogP contribution in [-0.2, 0) is 9.59 Å². The number of amides is 1. The van der Waals surface area contributed by atoms with E-state index in [4.69, 9.17) is 5.11 Å². The van der Waals surface area contributed by atoms with E-state index in [1.54, 1.807) is 14.0 Å². The van der Waals surface area contributed by atoms with Crippen LogP contribution >= 0.6 is 0 Å². The van der Waals surface area contributed by atoms with E-state index in [1.165, 1.54) is 4.90 Å². The third-order valence-electron chi connectivity index (χ3n) is 4.76. The minimum absolute atomic E-state index is 0.139. The van der Waals surface area contributed by atoms with Gasteiger partial charge in [0.05, 0.1) is 12.0 Å². The predicted octanol–water partition coefficient (Wildman–Crippen LogP) is 3.38. The molecule has 1 fully saturated rings. The molecule has 1 unspecified atom stereocenters. The number of benzene rings is 1. The highest BCUT2D eigenvalue weighted by Gasteiger charge is 2.33. The molecule has 1 N–H and O–H groups in total. The number of carbonyl (C=O) groups excluding carboxylic acids is 1. The highest BCUT2D eigenvalue weighted by molar-refractivity contribution is 5.79. The molecule has 1 amide bonds. The monoisotopic (exact) mass is 325 g/mol. The third-order valence-corrected chi connectivity index (χ3v) is 4.76. The Balaban J connectivity index is 2.05. The molecule has 6 heteroatoms. The maximum atomic E-state index is 13.9. The Labute approximate surface area is 134 Å². The Kier molecular flexibility index (Phi) is 5.34. The molecule has 1 atom stereocenters. The standard InChI is InChI=1S/C17H21F2NO3/c1-10(14-9-13(18)7-8-15(14)19)20(2)16(21)11-3-5-12(6-4-11)17(22)23/h7-12H,3-6H2,1-2H3,(H,22,23). The van der Waals surface area contributed by atoms with Crippen LogP contribution in [0.15, 0.2) is 18.2 Å². The summed E-state index contributed by atoms with van der Waals surface area (Å²) in [7, 11) is 1.57. The highest BCUT2D eigenvalue weighted by Crippen LogP contribution is 2.32. The molecule has 1 saturated carbocycles. The number of halogens is 2. The lowest BCUT2D eigenvalue weighted by Crippen LogP contribution is -2.37. The summed E-state index contributed by atoms with van der Waals surface area (Å²) in [5.74, 6) is -2.70. The number of hydrogen-bond donors (Lipinski definition) is 1. The molecule has 1 aliphatic carbocycles. The molecule has 0 spiro atoms.